The first kappa shape index (κ1) is 11.2. The van der Waals surface area contributed by atoms with Gasteiger partial charge in [-0.2, -0.15) is 0 Å². The maximum absolute atomic E-state index is 12.0. The maximum atomic E-state index is 12.0. The third-order valence-corrected chi connectivity index (χ3v) is 3.29. The van der Waals surface area contributed by atoms with Crippen LogP contribution in [0.2, 0.25) is 0 Å². The Bertz CT molecular complexity index is 576. The molecule has 1 aliphatic heterocycles. The van der Waals surface area contributed by atoms with Gasteiger partial charge in [-0.05, 0) is 25.1 Å². The average Bonchev–Trinajstić information content (AvgIpc) is 2.92. The molecule has 18 heavy (non-hydrogen) atoms. The van der Waals surface area contributed by atoms with Crippen molar-refractivity contribution in [1.82, 2.24) is 10.3 Å². The number of hydrogen-bond donors (Lipinski definition) is 2. The highest BCUT2D eigenvalue weighted by Crippen LogP contribution is 2.17. The molecule has 92 valence electrons. The number of hydrogen-bond acceptors (Lipinski definition) is 3. The molecule has 2 aromatic rings. The molecule has 1 aliphatic rings. The molecule has 1 amide bonds. The number of nitrogens with one attached hydrogen (secondary N) is 2. The van der Waals surface area contributed by atoms with Crippen LogP contribution in [-0.2, 0) is 4.79 Å². The predicted octanol–water partition coefficient (Wildman–Crippen LogP) is 1.78. The van der Waals surface area contributed by atoms with E-state index in [9.17, 15) is 4.79 Å². The number of benzene rings is 1. The Hall–Kier alpha value is -1.94. The van der Waals surface area contributed by atoms with E-state index in [-0.39, 0.29) is 11.8 Å². The van der Waals surface area contributed by atoms with E-state index in [1.807, 2.05) is 30.3 Å². The first-order chi connectivity index (χ1) is 8.83. The zero-order valence-corrected chi connectivity index (χ0v) is 10.0. The van der Waals surface area contributed by atoms with Gasteiger partial charge in [-0.1, -0.05) is 18.2 Å². The average molecular weight is 241 g/mol. The second-order valence-corrected chi connectivity index (χ2v) is 4.60. The molecular formula is C14H15N3O. The molecule has 0 saturated carbocycles. The molecule has 1 aromatic carbocycles. The molecule has 0 bridgehead atoms. The van der Waals surface area contributed by atoms with Gasteiger partial charge >= 0.3 is 0 Å². The molecular weight excluding hydrogens is 226 g/mol. The lowest BCUT2D eigenvalue weighted by molar-refractivity contribution is -0.119. The van der Waals surface area contributed by atoms with Crippen molar-refractivity contribution in [1.29, 1.82) is 0 Å². The van der Waals surface area contributed by atoms with E-state index < -0.39 is 0 Å². The summed E-state index contributed by atoms with van der Waals surface area (Å²) in [6.07, 6.45) is 2.62. The predicted molar refractivity (Wildman–Crippen MR) is 71.3 cm³/mol. The Kier molecular flexibility index (Phi) is 2.94. The zero-order valence-electron chi connectivity index (χ0n) is 10.0. The molecule has 1 aromatic heterocycles. The van der Waals surface area contributed by atoms with Crippen molar-refractivity contribution in [3.63, 3.8) is 0 Å². The lowest BCUT2D eigenvalue weighted by Crippen LogP contribution is -2.24. The van der Waals surface area contributed by atoms with Crippen molar-refractivity contribution < 1.29 is 4.79 Å². The van der Waals surface area contributed by atoms with Crippen molar-refractivity contribution >= 4 is 22.5 Å². The number of rotatable bonds is 2. The van der Waals surface area contributed by atoms with E-state index in [4.69, 9.17) is 0 Å². The molecule has 0 aliphatic carbocycles. The van der Waals surface area contributed by atoms with Gasteiger partial charge in [0.15, 0.2) is 0 Å². The molecule has 2 heterocycles. The largest absolute Gasteiger partial charge is 0.324 e. The Morgan fingerprint density at radius 1 is 1.39 bits per heavy atom. The fraction of sp³-hybridized carbons (Fsp3) is 0.286. The summed E-state index contributed by atoms with van der Waals surface area (Å²) in [5.74, 6) is 0.161. The van der Waals surface area contributed by atoms with Crippen LogP contribution in [0.25, 0.3) is 10.9 Å². The summed E-state index contributed by atoms with van der Waals surface area (Å²) in [6, 6.07) is 9.84. The minimum absolute atomic E-state index is 0.0801. The number of pyridine rings is 1. The van der Waals surface area contributed by atoms with Crippen molar-refractivity contribution in [2.75, 3.05) is 18.4 Å². The monoisotopic (exact) mass is 241 g/mol. The Labute approximate surface area is 105 Å². The SMILES string of the molecule is O=C(Nc1cnc2ccccc2c1)[C@@H]1CCNC1. The first-order valence-electron chi connectivity index (χ1n) is 6.19. The van der Waals surface area contributed by atoms with Crippen LogP contribution in [0.5, 0.6) is 0 Å². The molecule has 2 N–H and O–H groups in total. The van der Waals surface area contributed by atoms with Gasteiger partial charge in [-0.25, -0.2) is 0 Å². The van der Waals surface area contributed by atoms with Crippen molar-refractivity contribution in [3.8, 4) is 0 Å². The van der Waals surface area contributed by atoms with Gasteiger partial charge in [0, 0.05) is 11.9 Å². The van der Waals surface area contributed by atoms with Gasteiger partial charge < -0.3 is 10.6 Å². The number of anilines is 1. The molecule has 1 atom stereocenters. The number of fused-ring (bicyclic) bond motifs is 1. The van der Waals surface area contributed by atoms with E-state index in [0.717, 1.165) is 36.1 Å². The Morgan fingerprint density at radius 3 is 3.11 bits per heavy atom. The topological polar surface area (TPSA) is 54.0 Å². The van der Waals surface area contributed by atoms with E-state index in [0.29, 0.717) is 0 Å². The molecule has 3 rings (SSSR count). The van der Waals surface area contributed by atoms with Crippen LogP contribution in [0.4, 0.5) is 5.69 Å². The smallest absolute Gasteiger partial charge is 0.228 e. The standard InChI is InChI=1S/C14H15N3O/c18-14(11-5-6-15-8-11)17-12-7-10-3-1-2-4-13(10)16-9-12/h1-4,7,9,11,15H,5-6,8H2,(H,17,18)/t11-/m1/s1. The number of carbonyl (C=O) groups excluding carboxylic acids is 1. The van der Waals surface area contributed by atoms with Crippen LogP contribution in [0, 0.1) is 5.92 Å². The fourth-order valence-electron chi connectivity index (χ4n) is 2.26. The third-order valence-electron chi connectivity index (χ3n) is 3.29. The summed E-state index contributed by atoms with van der Waals surface area (Å²) in [5, 5.41) is 7.17. The molecule has 4 nitrogen and oxygen atoms in total. The van der Waals surface area contributed by atoms with Crippen LogP contribution >= 0.6 is 0 Å². The van der Waals surface area contributed by atoms with Crippen LogP contribution in [0.1, 0.15) is 6.42 Å². The second kappa shape index (κ2) is 4.74. The first-order valence-corrected chi connectivity index (χ1v) is 6.19. The summed E-state index contributed by atoms with van der Waals surface area (Å²) < 4.78 is 0. The van der Waals surface area contributed by atoms with E-state index in [1.54, 1.807) is 6.20 Å². The highest BCUT2D eigenvalue weighted by molar-refractivity contribution is 5.94. The Morgan fingerprint density at radius 2 is 2.28 bits per heavy atom. The fourth-order valence-corrected chi connectivity index (χ4v) is 2.26. The van der Waals surface area contributed by atoms with Gasteiger partial charge in [-0.3, -0.25) is 9.78 Å². The van der Waals surface area contributed by atoms with Gasteiger partial charge in [0.25, 0.3) is 0 Å². The van der Waals surface area contributed by atoms with E-state index >= 15 is 0 Å². The summed E-state index contributed by atoms with van der Waals surface area (Å²) >= 11 is 0. The molecule has 0 spiro atoms. The van der Waals surface area contributed by atoms with Crippen LogP contribution in [0.3, 0.4) is 0 Å². The van der Waals surface area contributed by atoms with Crippen LogP contribution in [-0.4, -0.2) is 24.0 Å². The normalized spacial score (nSPS) is 19.0. The molecule has 1 fully saturated rings. The quantitative estimate of drug-likeness (QED) is 0.842. The summed E-state index contributed by atoms with van der Waals surface area (Å²) in [7, 11) is 0. The number of carbonyl (C=O) groups is 1. The van der Waals surface area contributed by atoms with Gasteiger partial charge in [-0.15, -0.1) is 0 Å². The van der Waals surface area contributed by atoms with Gasteiger partial charge in [0.2, 0.25) is 5.91 Å². The van der Waals surface area contributed by atoms with Crippen molar-refractivity contribution in [3.05, 3.63) is 36.5 Å². The number of para-hydroxylation sites is 1. The summed E-state index contributed by atoms with van der Waals surface area (Å²) in [6.45, 7) is 1.70. The molecule has 4 heteroatoms. The summed E-state index contributed by atoms with van der Waals surface area (Å²) in [5.41, 5.74) is 1.71. The van der Waals surface area contributed by atoms with Gasteiger partial charge in [0.05, 0.1) is 23.3 Å². The van der Waals surface area contributed by atoms with Crippen LogP contribution in [0.15, 0.2) is 36.5 Å². The lowest BCUT2D eigenvalue weighted by Gasteiger charge is -2.10. The number of amides is 1. The molecule has 0 unspecified atom stereocenters. The molecule has 0 radical (unpaired) electrons. The molecule has 1 saturated heterocycles. The zero-order chi connectivity index (χ0) is 12.4. The van der Waals surface area contributed by atoms with Crippen molar-refractivity contribution in [2.24, 2.45) is 5.92 Å². The van der Waals surface area contributed by atoms with E-state index in [1.165, 1.54) is 0 Å². The number of aromatic nitrogens is 1. The third kappa shape index (κ3) is 2.19. The highest BCUT2D eigenvalue weighted by Gasteiger charge is 2.22. The van der Waals surface area contributed by atoms with Crippen LogP contribution < -0.4 is 10.6 Å². The second-order valence-electron chi connectivity index (χ2n) is 4.60. The Balaban J connectivity index is 1.79. The van der Waals surface area contributed by atoms with Crippen molar-refractivity contribution in [2.45, 2.75) is 6.42 Å². The lowest BCUT2D eigenvalue weighted by atomic mass is 10.1. The van der Waals surface area contributed by atoms with Gasteiger partial charge in [0.1, 0.15) is 0 Å². The maximum Gasteiger partial charge on any atom is 0.228 e. The van der Waals surface area contributed by atoms with E-state index in [2.05, 4.69) is 15.6 Å². The minimum atomic E-state index is 0.0801. The highest BCUT2D eigenvalue weighted by atomic mass is 16.1. The summed E-state index contributed by atoms with van der Waals surface area (Å²) in [4.78, 5) is 16.3. The minimum Gasteiger partial charge on any atom is -0.324 e. The number of nitrogens with zero attached hydrogens (tertiary/aromatic N) is 1.